The first-order chi connectivity index (χ1) is 9.11. The number of pyridine rings is 1. The van der Waals surface area contributed by atoms with Crippen molar-refractivity contribution < 1.29 is 4.79 Å². The number of anilines is 2. The first-order valence-electron chi connectivity index (χ1n) is 6.23. The second-order valence-electron chi connectivity index (χ2n) is 4.38. The standard InChI is InChI=1S/C15H17N3O/c1-3-11-6-4-5-7-14(11)18-15(19)12-9-17-10(2)8-13(12)16/h4-9H,3H2,1-2H3,(H2,16,17)(H,18,19). The zero-order valence-electron chi connectivity index (χ0n) is 11.1. The highest BCUT2D eigenvalue weighted by molar-refractivity contribution is 6.07. The Hall–Kier alpha value is -2.36. The van der Waals surface area contributed by atoms with Gasteiger partial charge in [-0.05, 0) is 31.0 Å². The highest BCUT2D eigenvalue weighted by atomic mass is 16.1. The van der Waals surface area contributed by atoms with E-state index in [1.165, 1.54) is 6.20 Å². The Morgan fingerprint density at radius 3 is 2.79 bits per heavy atom. The minimum absolute atomic E-state index is 0.231. The molecule has 0 aliphatic carbocycles. The van der Waals surface area contributed by atoms with E-state index in [1.54, 1.807) is 6.07 Å². The second-order valence-corrected chi connectivity index (χ2v) is 4.38. The lowest BCUT2D eigenvalue weighted by atomic mass is 10.1. The number of nitrogens with two attached hydrogens (primary N) is 1. The zero-order chi connectivity index (χ0) is 13.8. The van der Waals surface area contributed by atoms with E-state index in [1.807, 2.05) is 38.1 Å². The van der Waals surface area contributed by atoms with Crippen molar-refractivity contribution in [2.75, 3.05) is 11.1 Å². The van der Waals surface area contributed by atoms with Gasteiger partial charge in [0.1, 0.15) is 0 Å². The van der Waals surface area contributed by atoms with Crippen LogP contribution in [0.1, 0.15) is 28.5 Å². The highest BCUT2D eigenvalue weighted by Gasteiger charge is 2.12. The highest BCUT2D eigenvalue weighted by Crippen LogP contribution is 2.18. The number of carbonyl (C=O) groups excluding carboxylic acids is 1. The maximum Gasteiger partial charge on any atom is 0.259 e. The molecule has 19 heavy (non-hydrogen) atoms. The number of amides is 1. The summed E-state index contributed by atoms with van der Waals surface area (Å²) < 4.78 is 0. The van der Waals surface area contributed by atoms with Crippen molar-refractivity contribution >= 4 is 17.3 Å². The van der Waals surface area contributed by atoms with E-state index in [0.717, 1.165) is 23.4 Å². The third-order valence-electron chi connectivity index (χ3n) is 2.96. The topological polar surface area (TPSA) is 68.0 Å². The van der Waals surface area contributed by atoms with E-state index >= 15 is 0 Å². The van der Waals surface area contributed by atoms with Gasteiger partial charge in [-0.1, -0.05) is 25.1 Å². The number of nitrogens with zero attached hydrogens (tertiary/aromatic N) is 1. The maximum absolute atomic E-state index is 12.2. The monoisotopic (exact) mass is 255 g/mol. The van der Waals surface area contributed by atoms with E-state index in [0.29, 0.717) is 11.3 Å². The van der Waals surface area contributed by atoms with Crippen LogP contribution in [0.5, 0.6) is 0 Å². The summed E-state index contributed by atoms with van der Waals surface area (Å²) in [5, 5.41) is 2.88. The van der Waals surface area contributed by atoms with Crippen LogP contribution in [0.3, 0.4) is 0 Å². The fourth-order valence-electron chi connectivity index (χ4n) is 1.91. The molecule has 4 heteroatoms. The smallest absolute Gasteiger partial charge is 0.259 e. The van der Waals surface area contributed by atoms with Crippen molar-refractivity contribution in [3.8, 4) is 0 Å². The van der Waals surface area contributed by atoms with Crippen LogP contribution in [0.2, 0.25) is 0 Å². The molecule has 0 saturated carbocycles. The molecule has 0 atom stereocenters. The van der Waals surface area contributed by atoms with Crippen LogP contribution in [0.15, 0.2) is 36.5 Å². The fraction of sp³-hybridized carbons (Fsp3) is 0.200. The molecule has 1 amide bonds. The summed E-state index contributed by atoms with van der Waals surface area (Å²) in [5.74, 6) is -0.231. The van der Waals surface area contributed by atoms with Crippen LogP contribution < -0.4 is 11.1 Å². The number of nitrogens with one attached hydrogen (secondary N) is 1. The second kappa shape index (κ2) is 5.52. The predicted molar refractivity (Wildman–Crippen MR) is 77.2 cm³/mol. The fourth-order valence-corrected chi connectivity index (χ4v) is 1.91. The minimum atomic E-state index is -0.231. The zero-order valence-corrected chi connectivity index (χ0v) is 11.1. The molecule has 0 bridgehead atoms. The van der Waals surface area contributed by atoms with Crippen molar-refractivity contribution in [3.05, 3.63) is 53.3 Å². The lowest BCUT2D eigenvalue weighted by molar-refractivity contribution is 0.102. The molecular formula is C15H17N3O. The number of hydrogen-bond acceptors (Lipinski definition) is 3. The molecule has 0 spiro atoms. The van der Waals surface area contributed by atoms with Crippen LogP contribution in [0.4, 0.5) is 11.4 Å². The van der Waals surface area contributed by atoms with Gasteiger partial charge in [0.05, 0.1) is 5.56 Å². The summed E-state index contributed by atoms with van der Waals surface area (Å²) in [6, 6.07) is 9.42. The van der Waals surface area contributed by atoms with Crippen LogP contribution >= 0.6 is 0 Å². The number of hydrogen-bond donors (Lipinski definition) is 2. The number of rotatable bonds is 3. The normalized spacial score (nSPS) is 10.2. The lowest BCUT2D eigenvalue weighted by Gasteiger charge is -2.11. The van der Waals surface area contributed by atoms with E-state index < -0.39 is 0 Å². The third-order valence-corrected chi connectivity index (χ3v) is 2.96. The van der Waals surface area contributed by atoms with Crippen molar-refractivity contribution in [1.29, 1.82) is 0 Å². The van der Waals surface area contributed by atoms with Gasteiger partial charge in [0.25, 0.3) is 5.91 Å². The quantitative estimate of drug-likeness (QED) is 0.886. The molecule has 1 aromatic carbocycles. The molecule has 0 radical (unpaired) electrons. The molecule has 1 aromatic heterocycles. The summed E-state index contributed by atoms with van der Waals surface area (Å²) in [7, 11) is 0. The number of aromatic nitrogens is 1. The van der Waals surface area contributed by atoms with Gasteiger partial charge in [0.2, 0.25) is 0 Å². The molecule has 2 aromatic rings. The predicted octanol–water partition coefficient (Wildman–Crippen LogP) is 2.79. The Balaban J connectivity index is 2.26. The molecule has 1 heterocycles. The summed E-state index contributed by atoms with van der Waals surface area (Å²) >= 11 is 0. The average Bonchev–Trinajstić information content (AvgIpc) is 2.39. The largest absolute Gasteiger partial charge is 0.398 e. The molecule has 0 fully saturated rings. The summed E-state index contributed by atoms with van der Waals surface area (Å²) in [6.45, 7) is 3.89. The van der Waals surface area contributed by atoms with Crippen molar-refractivity contribution in [2.24, 2.45) is 0 Å². The molecule has 4 nitrogen and oxygen atoms in total. The Morgan fingerprint density at radius 2 is 2.11 bits per heavy atom. The Labute approximate surface area is 112 Å². The van der Waals surface area contributed by atoms with Crippen LogP contribution in [0, 0.1) is 6.92 Å². The number of nitrogen functional groups attached to an aromatic ring is 1. The third kappa shape index (κ3) is 2.91. The van der Waals surface area contributed by atoms with Crippen LogP contribution in [-0.4, -0.2) is 10.9 Å². The first kappa shape index (κ1) is 13.1. The van der Waals surface area contributed by atoms with Gasteiger partial charge >= 0.3 is 0 Å². The van der Waals surface area contributed by atoms with Crippen molar-refractivity contribution in [1.82, 2.24) is 4.98 Å². The lowest BCUT2D eigenvalue weighted by Crippen LogP contribution is -2.15. The Kier molecular flexibility index (Phi) is 3.80. The number of aryl methyl sites for hydroxylation is 2. The molecule has 0 aliphatic rings. The molecular weight excluding hydrogens is 238 g/mol. The van der Waals surface area contributed by atoms with E-state index in [2.05, 4.69) is 10.3 Å². The number of carbonyl (C=O) groups is 1. The van der Waals surface area contributed by atoms with Gasteiger partial charge in [-0.3, -0.25) is 9.78 Å². The molecule has 0 saturated heterocycles. The molecule has 3 N–H and O–H groups in total. The van der Waals surface area contributed by atoms with Gasteiger partial charge in [-0.15, -0.1) is 0 Å². The molecule has 98 valence electrons. The summed E-state index contributed by atoms with van der Waals surface area (Å²) in [5.41, 5.74) is 9.39. The van der Waals surface area contributed by atoms with E-state index in [9.17, 15) is 4.79 Å². The Bertz CT molecular complexity index is 608. The van der Waals surface area contributed by atoms with Gasteiger partial charge < -0.3 is 11.1 Å². The molecule has 0 unspecified atom stereocenters. The van der Waals surface area contributed by atoms with Gasteiger partial charge in [0.15, 0.2) is 0 Å². The van der Waals surface area contributed by atoms with E-state index in [4.69, 9.17) is 5.73 Å². The minimum Gasteiger partial charge on any atom is -0.398 e. The van der Waals surface area contributed by atoms with Gasteiger partial charge in [-0.25, -0.2) is 0 Å². The summed E-state index contributed by atoms with van der Waals surface area (Å²) in [6.07, 6.45) is 2.37. The van der Waals surface area contributed by atoms with Crippen LogP contribution in [-0.2, 0) is 6.42 Å². The summed E-state index contributed by atoms with van der Waals surface area (Å²) in [4.78, 5) is 16.3. The number of benzene rings is 1. The van der Waals surface area contributed by atoms with Crippen molar-refractivity contribution in [3.63, 3.8) is 0 Å². The maximum atomic E-state index is 12.2. The SMILES string of the molecule is CCc1ccccc1NC(=O)c1cnc(C)cc1N. The van der Waals surface area contributed by atoms with Gasteiger partial charge in [-0.2, -0.15) is 0 Å². The average molecular weight is 255 g/mol. The van der Waals surface area contributed by atoms with Crippen molar-refractivity contribution in [2.45, 2.75) is 20.3 Å². The number of para-hydroxylation sites is 1. The molecule has 0 aliphatic heterocycles. The van der Waals surface area contributed by atoms with E-state index in [-0.39, 0.29) is 5.91 Å². The van der Waals surface area contributed by atoms with Gasteiger partial charge in [0, 0.05) is 23.3 Å². The van der Waals surface area contributed by atoms with Crippen LogP contribution in [0.25, 0.3) is 0 Å². The Morgan fingerprint density at radius 1 is 1.37 bits per heavy atom. The molecule has 2 rings (SSSR count). The first-order valence-corrected chi connectivity index (χ1v) is 6.23.